The third-order valence-electron chi connectivity index (χ3n) is 4.31. The van der Waals surface area contributed by atoms with E-state index in [4.69, 9.17) is 0 Å². The predicted molar refractivity (Wildman–Crippen MR) is 93.8 cm³/mol. The van der Waals surface area contributed by atoms with Gasteiger partial charge in [0.05, 0.1) is 5.41 Å². The topological polar surface area (TPSA) is 44.4 Å². The summed E-state index contributed by atoms with van der Waals surface area (Å²) in [5.74, 6) is 0.104. The highest BCUT2D eigenvalue weighted by atomic mass is 35.5. The molecule has 1 aromatic carbocycles. The average molecular weight is 326 g/mol. The van der Waals surface area contributed by atoms with Gasteiger partial charge in [0.2, 0.25) is 5.91 Å². The van der Waals surface area contributed by atoms with Crippen LogP contribution in [-0.4, -0.2) is 50.1 Å². The van der Waals surface area contributed by atoms with E-state index in [0.717, 1.165) is 38.3 Å². The van der Waals surface area contributed by atoms with Crippen molar-refractivity contribution in [1.29, 1.82) is 0 Å². The van der Waals surface area contributed by atoms with Crippen LogP contribution in [0.15, 0.2) is 24.3 Å². The quantitative estimate of drug-likeness (QED) is 0.866. The lowest BCUT2D eigenvalue weighted by molar-refractivity contribution is -0.125. The fourth-order valence-electron chi connectivity index (χ4n) is 2.88. The molecule has 0 saturated carbocycles. The van der Waals surface area contributed by atoms with Gasteiger partial charge in [0.15, 0.2) is 0 Å². The molecule has 1 aliphatic rings. The first-order chi connectivity index (χ1) is 10.0. The molecular weight excluding hydrogens is 298 g/mol. The minimum Gasteiger partial charge on any atom is -0.354 e. The number of hydrogen-bond acceptors (Lipinski definition) is 3. The SMILES string of the molecule is Cc1ccccc1C(C)(C)C(=O)NCCN1CCNCC1.Cl. The van der Waals surface area contributed by atoms with E-state index < -0.39 is 5.41 Å². The number of amides is 1. The van der Waals surface area contributed by atoms with Gasteiger partial charge in [0.25, 0.3) is 0 Å². The average Bonchev–Trinajstić information content (AvgIpc) is 2.48. The molecular formula is C17H28ClN3O. The minimum atomic E-state index is -0.491. The lowest BCUT2D eigenvalue weighted by Crippen LogP contribution is -2.48. The van der Waals surface area contributed by atoms with Crippen LogP contribution in [0.25, 0.3) is 0 Å². The molecule has 22 heavy (non-hydrogen) atoms. The Morgan fingerprint density at radius 1 is 1.27 bits per heavy atom. The van der Waals surface area contributed by atoms with Crippen LogP contribution in [0.4, 0.5) is 0 Å². The van der Waals surface area contributed by atoms with Crippen molar-refractivity contribution in [2.24, 2.45) is 0 Å². The van der Waals surface area contributed by atoms with Gasteiger partial charge >= 0.3 is 0 Å². The van der Waals surface area contributed by atoms with Crippen molar-refractivity contribution in [3.8, 4) is 0 Å². The van der Waals surface area contributed by atoms with E-state index in [-0.39, 0.29) is 18.3 Å². The maximum atomic E-state index is 12.5. The lowest BCUT2D eigenvalue weighted by Gasteiger charge is -2.29. The number of rotatable bonds is 5. The zero-order chi connectivity index (χ0) is 15.3. The summed E-state index contributed by atoms with van der Waals surface area (Å²) in [7, 11) is 0. The molecule has 0 aliphatic carbocycles. The number of hydrogen-bond donors (Lipinski definition) is 2. The van der Waals surface area contributed by atoms with E-state index >= 15 is 0 Å². The molecule has 124 valence electrons. The number of halogens is 1. The number of nitrogens with one attached hydrogen (secondary N) is 2. The maximum Gasteiger partial charge on any atom is 0.230 e. The summed E-state index contributed by atoms with van der Waals surface area (Å²) in [5.41, 5.74) is 1.78. The molecule has 0 spiro atoms. The monoisotopic (exact) mass is 325 g/mol. The molecule has 0 bridgehead atoms. The van der Waals surface area contributed by atoms with Gasteiger partial charge in [-0.1, -0.05) is 24.3 Å². The molecule has 4 nitrogen and oxygen atoms in total. The van der Waals surface area contributed by atoms with Crippen molar-refractivity contribution >= 4 is 18.3 Å². The molecule has 1 fully saturated rings. The molecule has 2 N–H and O–H groups in total. The Labute approximate surface area is 140 Å². The third kappa shape index (κ3) is 4.70. The maximum absolute atomic E-state index is 12.5. The van der Waals surface area contributed by atoms with Crippen molar-refractivity contribution < 1.29 is 4.79 Å². The number of carbonyl (C=O) groups excluding carboxylic acids is 1. The summed E-state index contributed by atoms with van der Waals surface area (Å²) >= 11 is 0. The number of carbonyl (C=O) groups is 1. The van der Waals surface area contributed by atoms with Crippen molar-refractivity contribution in [1.82, 2.24) is 15.5 Å². The second-order valence-electron chi connectivity index (χ2n) is 6.29. The summed E-state index contributed by atoms with van der Waals surface area (Å²) in [5, 5.41) is 6.43. The van der Waals surface area contributed by atoms with Crippen molar-refractivity contribution in [3.05, 3.63) is 35.4 Å². The Balaban J connectivity index is 0.00000242. The zero-order valence-electron chi connectivity index (χ0n) is 13.8. The first-order valence-electron chi connectivity index (χ1n) is 7.79. The van der Waals surface area contributed by atoms with Gasteiger partial charge in [-0.25, -0.2) is 0 Å². The van der Waals surface area contributed by atoms with Gasteiger partial charge in [-0.15, -0.1) is 12.4 Å². The molecule has 2 rings (SSSR count). The Bertz CT molecular complexity index is 485. The van der Waals surface area contributed by atoms with Crippen LogP contribution in [0.3, 0.4) is 0 Å². The highest BCUT2D eigenvalue weighted by molar-refractivity contribution is 5.87. The fraction of sp³-hybridized carbons (Fsp3) is 0.588. The number of nitrogens with zero attached hydrogens (tertiary/aromatic N) is 1. The molecule has 0 aromatic heterocycles. The molecule has 0 radical (unpaired) electrons. The largest absolute Gasteiger partial charge is 0.354 e. The van der Waals surface area contributed by atoms with Gasteiger partial charge in [-0.2, -0.15) is 0 Å². The smallest absolute Gasteiger partial charge is 0.230 e. The van der Waals surface area contributed by atoms with E-state index in [0.29, 0.717) is 6.54 Å². The van der Waals surface area contributed by atoms with Gasteiger partial charge in [0, 0.05) is 39.3 Å². The Hall–Kier alpha value is -1.10. The molecule has 0 unspecified atom stereocenters. The third-order valence-corrected chi connectivity index (χ3v) is 4.31. The summed E-state index contributed by atoms with van der Waals surface area (Å²) in [6.45, 7) is 11.9. The van der Waals surface area contributed by atoms with Crippen LogP contribution in [-0.2, 0) is 10.2 Å². The molecule has 1 aromatic rings. The molecule has 5 heteroatoms. The molecule has 1 heterocycles. The van der Waals surface area contributed by atoms with Crippen LogP contribution >= 0.6 is 12.4 Å². The van der Waals surface area contributed by atoms with Gasteiger partial charge in [0.1, 0.15) is 0 Å². The number of piperazine rings is 1. The minimum absolute atomic E-state index is 0. The summed E-state index contributed by atoms with van der Waals surface area (Å²) in [6.07, 6.45) is 0. The van der Waals surface area contributed by atoms with E-state index in [2.05, 4.69) is 28.5 Å². The van der Waals surface area contributed by atoms with Crippen LogP contribution in [0.5, 0.6) is 0 Å². The first kappa shape index (κ1) is 18.9. The predicted octanol–water partition coefficient (Wildman–Crippen LogP) is 1.72. The second-order valence-corrected chi connectivity index (χ2v) is 6.29. The van der Waals surface area contributed by atoms with Crippen LogP contribution in [0.2, 0.25) is 0 Å². The van der Waals surface area contributed by atoms with Crippen LogP contribution in [0, 0.1) is 6.92 Å². The highest BCUT2D eigenvalue weighted by Crippen LogP contribution is 2.26. The lowest BCUT2D eigenvalue weighted by atomic mass is 9.81. The summed E-state index contributed by atoms with van der Waals surface area (Å²) in [6, 6.07) is 8.12. The number of benzene rings is 1. The van der Waals surface area contributed by atoms with E-state index in [1.807, 2.05) is 32.0 Å². The summed E-state index contributed by atoms with van der Waals surface area (Å²) < 4.78 is 0. The van der Waals surface area contributed by atoms with Gasteiger partial charge in [-0.3, -0.25) is 9.69 Å². The normalized spacial score (nSPS) is 16.0. The summed E-state index contributed by atoms with van der Waals surface area (Å²) in [4.78, 5) is 14.9. The fourth-order valence-corrected chi connectivity index (χ4v) is 2.88. The highest BCUT2D eigenvalue weighted by Gasteiger charge is 2.30. The van der Waals surface area contributed by atoms with E-state index in [1.165, 1.54) is 5.56 Å². The zero-order valence-corrected chi connectivity index (χ0v) is 14.6. The molecule has 0 atom stereocenters. The standard InChI is InChI=1S/C17H27N3O.ClH/c1-14-6-4-5-7-15(14)17(2,3)16(21)19-10-13-20-11-8-18-9-12-20;/h4-7,18H,8-13H2,1-3H3,(H,19,21);1H. The van der Waals surface area contributed by atoms with Crippen LogP contribution < -0.4 is 10.6 Å². The van der Waals surface area contributed by atoms with Crippen molar-refractivity contribution in [2.45, 2.75) is 26.2 Å². The van der Waals surface area contributed by atoms with E-state index in [9.17, 15) is 4.79 Å². The van der Waals surface area contributed by atoms with E-state index in [1.54, 1.807) is 0 Å². The van der Waals surface area contributed by atoms with Gasteiger partial charge in [-0.05, 0) is 31.9 Å². The Morgan fingerprint density at radius 3 is 2.55 bits per heavy atom. The Morgan fingerprint density at radius 2 is 1.91 bits per heavy atom. The molecule has 1 saturated heterocycles. The molecule has 1 aliphatic heterocycles. The Kier molecular flexibility index (Phi) is 7.33. The number of aryl methyl sites for hydroxylation is 1. The van der Waals surface area contributed by atoms with Crippen LogP contribution in [0.1, 0.15) is 25.0 Å². The second kappa shape index (κ2) is 8.51. The van der Waals surface area contributed by atoms with Crippen molar-refractivity contribution in [3.63, 3.8) is 0 Å². The van der Waals surface area contributed by atoms with Gasteiger partial charge < -0.3 is 10.6 Å². The van der Waals surface area contributed by atoms with Crippen molar-refractivity contribution in [2.75, 3.05) is 39.3 Å². The first-order valence-corrected chi connectivity index (χ1v) is 7.79. The molecule has 1 amide bonds.